The van der Waals surface area contributed by atoms with Gasteiger partial charge in [0.2, 0.25) is 0 Å². The lowest BCUT2D eigenvalue weighted by Crippen LogP contribution is -2.12. The summed E-state index contributed by atoms with van der Waals surface area (Å²) in [5.74, 6) is 2.27. The fraction of sp³-hybridized carbons (Fsp3) is 0.500. The lowest BCUT2D eigenvalue weighted by atomic mass is 10.1. The molecule has 15 heavy (non-hydrogen) atoms. The highest BCUT2D eigenvalue weighted by Gasteiger charge is 2.05. The molecule has 3 heteroatoms. The SMILES string of the molecule is CCC(CS)COc1ccc(Cl)c(C)c1. The smallest absolute Gasteiger partial charge is 0.119 e. The highest BCUT2D eigenvalue weighted by molar-refractivity contribution is 7.80. The molecule has 1 atom stereocenters. The molecule has 0 amide bonds. The van der Waals surface area contributed by atoms with E-state index >= 15 is 0 Å². The van der Waals surface area contributed by atoms with Gasteiger partial charge in [-0.25, -0.2) is 0 Å². The van der Waals surface area contributed by atoms with Crippen LogP contribution in [0.15, 0.2) is 18.2 Å². The van der Waals surface area contributed by atoms with Gasteiger partial charge in [0.25, 0.3) is 0 Å². The molecule has 0 N–H and O–H groups in total. The van der Waals surface area contributed by atoms with Crippen molar-refractivity contribution in [3.63, 3.8) is 0 Å². The van der Waals surface area contributed by atoms with Gasteiger partial charge in [-0.05, 0) is 42.9 Å². The summed E-state index contributed by atoms with van der Waals surface area (Å²) < 4.78 is 5.68. The summed E-state index contributed by atoms with van der Waals surface area (Å²) in [6.07, 6.45) is 1.09. The number of hydrogen-bond donors (Lipinski definition) is 1. The van der Waals surface area contributed by atoms with E-state index in [0.29, 0.717) is 5.92 Å². The van der Waals surface area contributed by atoms with Crippen molar-refractivity contribution in [1.29, 1.82) is 0 Å². The van der Waals surface area contributed by atoms with Gasteiger partial charge in [-0.3, -0.25) is 0 Å². The van der Waals surface area contributed by atoms with Crippen molar-refractivity contribution in [2.24, 2.45) is 5.92 Å². The number of ether oxygens (including phenoxy) is 1. The molecule has 0 heterocycles. The van der Waals surface area contributed by atoms with E-state index in [9.17, 15) is 0 Å². The summed E-state index contributed by atoms with van der Waals surface area (Å²) in [4.78, 5) is 0. The Hall–Kier alpha value is -0.340. The molecule has 0 aromatic heterocycles. The predicted octanol–water partition coefficient (Wildman–Crippen LogP) is 3.98. The van der Waals surface area contributed by atoms with Crippen LogP contribution in [0.2, 0.25) is 5.02 Å². The molecule has 0 fully saturated rings. The van der Waals surface area contributed by atoms with Crippen LogP contribution in [-0.4, -0.2) is 12.4 Å². The van der Waals surface area contributed by atoms with E-state index in [1.807, 2.05) is 25.1 Å². The monoisotopic (exact) mass is 244 g/mol. The molecular formula is C12H17ClOS. The molecule has 1 aromatic carbocycles. The van der Waals surface area contributed by atoms with Crippen molar-refractivity contribution in [2.45, 2.75) is 20.3 Å². The first-order valence-electron chi connectivity index (χ1n) is 5.17. The maximum atomic E-state index is 5.93. The topological polar surface area (TPSA) is 9.23 Å². The molecule has 0 aliphatic carbocycles. The Balaban J connectivity index is 2.54. The zero-order chi connectivity index (χ0) is 11.3. The molecule has 0 aliphatic heterocycles. The minimum absolute atomic E-state index is 0.518. The van der Waals surface area contributed by atoms with Gasteiger partial charge in [0, 0.05) is 10.9 Å². The largest absolute Gasteiger partial charge is 0.493 e. The van der Waals surface area contributed by atoms with Crippen LogP contribution in [0.5, 0.6) is 5.75 Å². The second-order valence-electron chi connectivity index (χ2n) is 3.68. The van der Waals surface area contributed by atoms with Gasteiger partial charge in [-0.15, -0.1) is 0 Å². The third kappa shape index (κ3) is 3.96. The highest BCUT2D eigenvalue weighted by Crippen LogP contribution is 2.21. The molecule has 0 spiro atoms. The highest BCUT2D eigenvalue weighted by atomic mass is 35.5. The summed E-state index contributed by atoms with van der Waals surface area (Å²) in [5.41, 5.74) is 1.05. The number of thiol groups is 1. The second kappa shape index (κ2) is 6.29. The molecule has 0 saturated carbocycles. The van der Waals surface area contributed by atoms with Gasteiger partial charge in [0.15, 0.2) is 0 Å². The van der Waals surface area contributed by atoms with Gasteiger partial charge in [-0.1, -0.05) is 18.5 Å². The van der Waals surface area contributed by atoms with Crippen LogP contribution >= 0.6 is 24.2 Å². The Morgan fingerprint density at radius 2 is 2.20 bits per heavy atom. The molecule has 1 aromatic rings. The molecular weight excluding hydrogens is 228 g/mol. The van der Waals surface area contributed by atoms with Crippen LogP contribution in [0.1, 0.15) is 18.9 Å². The standard InChI is InChI=1S/C12H17ClOS/c1-3-10(8-15)7-14-11-4-5-12(13)9(2)6-11/h4-6,10,15H,3,7-8H2,1-2H3. The summed E-state index contributed by atoms with van der Waals surface area (Å²) in [7, 11) is 0. The summed E-state index contributed by atoms with van der Waals surface area (Å²) in [6, 6.07) is 5.74. The number of benzene rings is 1. The number of halogens is 1. The van der Waals surface area contributed by atoms with Gasteiger partial charge in [-0.2, -0.15) is 12.6 Å². The van der Waals surface area contributed by atoms with Crippen LogP contribution < -0.4 is 4.74 Å². The van der Waals surface area contributed by atoms with Gasteiger partial charge in [0.05, 0.1) is 6.61 Å². The Morgan fingerprint density at radius 3 is 2.73 bits per heavy atom. The summed E-state index contributed by atoms with van der Waals surface area (Å²) >= 11 is 10.2. The van der Waals surface area contributed by atoms with E-state index < -0.39 is 0 Å². The Labute approximate surface area is 102 Å². The summed E-state index contributed by atoms with van der Waals surface area (Å²) in [5, 5.41) is 0.781. The molecule has 0 aliphatic rings. The quantitative estimate of drug-likeness (QED) is 0.771. The maximum Gasteiger partial charge on any atom is 0.119 e. The summed E-state index contributed by atoms with van der Waals surface area (Å²) in [6.45, 7) is 4.85. The first-order chi connectivity index (χ1) is 7.17. The van der Waals surface area contributed by atoms with E-state index in [-0.39, 0.29) is 0 Å². The second-order valence-corrected chi connectivity index (χ2v) is 4.45. The van der Waals surface area contributed by atoms with E-state index in [2.05, 4.69) is 19.6 Å². The van der Waals surface area contributed by atoms with E-state index in [4.69, 9.17) is 16.3 Å². The Morgan fingerprint density at radius 1 is 1.47 bits per heavy atom. The van der Waals surface area contributed by atoms with Crippen molar-refractivity contribution in [2.75, 3.05) is 12.4 Å². The Bertz CT molecular complexity index is 310. The minimum Gasteiger partial charge on any atom is -0.493 e. The van der Waals surface area contributed by atoms with Crippen molar-refractivity contribution >= 4 is 24.2 Å². The third-order valence-electron chi connectivity index (χ3n) is 2.45. The number of hydrogen-bond acceptors (Lipinski definition) is 2. The van der Waals surface area contributed by atoms with Crippen molar-refractivity contribution < 1.29 is 4.74 Å². The van der Waals surface area contributed by atoms with Gasteiger partial charge >= 0.3 is 0 Å². The molecule has 84 valence electrons. The van der Waals surface area contributed by atoms with Crippen molar-refractivity contribution in [3.8, 4) is 5.75 Å². The van der Waals surface area contributed by atoms with Crippen LogP contribution in [-0.2, 0) is 0 Å². The number of aryl methyl sites for hydroxylation is 1. The first kappa shape index (κ1) is 12.7. The molecule has 0 radical (unpaired) electrons. The third-order valence-corrected chi connectivity index (χ3v) is 3.39. The molecule has 1 nitrogen and oxygen atoms in total. The fourth-order valence-electron chi connectivity index (χ4n) is 1.22. The van der Waals surface area contributed by atoms with E-state index in [1.165, 1.54) is 0 Å². The lowest BCUT2D eigenvalue weighted by Gasteiger charge is -2.13. The maximum absolute atomic E-state index is 5.93. The van der Waals surface area contributed by atoms with Crippen molar-refractivity contribution in [3.05, 3.63) is 28.8 Å². The first-order valence-corrected chi connectivity index (χ1v) is 6.18. The lowest BCUT2D eigenvalue weighted by molar-refractivity contribution is 0.259. The molecule has 1 rings (SSSR count). The van der Waals surface area contributed by atoms with Crippen LogP contribution in [0.3, 0.4) is 0 Å². The van der Waals surface area contributed by atoms with Gasteiger partial charge in [0.1, 0.15) is 5.75 Å². The van der Waals surface area contributed by atoms with Crippen molar-refractivity contribution in [1.82, 2.24) is 0 Å². The van der Waals surface area contributed by atoms with E-state index in [1.54, 1.807) is 0 Å². The van der Waals surface area contributed by atoms with Crippen LogP contribution in [0.4, 0.5) is 0 Å². The van der Waals surface area contributed by atoms with Crippen LogP contribution in [0, 0.1) is 12.8 Å². The molecule has 1 unspecified atom stereocenters. The minimum atomic E-state index is 0.518. The molecule has 0 saturated heterocycles. The zero-order valence-electron chi connectivity index (χ0n) is 9.16. The van der Waals surface area contributed by atoms with Crippen LogP contribution in [0.25, 0.3) is 0 Å². The normalized spacial score (nSPS) is 12.5. The van der Waals surface area contributed by atoms with E-state index in [0.717, 1.165) is 35.1 Å². The predicted molar refractivity (Wildman–Crippen MR) is 69.3 cm³/mol. The molecule has 0 bridgehead atoms. The average Bonchev–Trinajstić information content (AvgIpc) is 2.24. The Kier molecular flexibility index (Phi) is 5.34. The fourth-order valence-corrected chi connectivity index (χ4v) is 1.70. The zero-order valence-corrected chi connectivity index (χ0v) is 10.8. The average molecular weight is 245 g/mol. The number of rotatable bonds is 5. The van der Waals surface area contributed by atoms with Gasteiger partial charge < -0.3 is 4.74 Å².